The van der Waals surface area contributed by atoms with Gasteiger partial charge in [-0.1, -0.05) is 20.8 Å². The molecule has 0 bridgehead atoms. The summed E-state index contributed by atoms with van der Waals surface area (Å²) in [5, 5.41) is 5.82. The number of benzene rings is 2. The molecule has 0 radical (unpaired) electrons. The quantitative estimate of drug-likeness (QED) is 0.303. The summed E-state index contributed by atoms with van der Waals surface area (Å²) in [6.45, 7) is 12.1. The van der Waals surface area contributed by atoms with Crippen LogP contribution in [0.5, 0.6) is 17.2 Å². The van der Waals surface area contributed by atoms with Gasteiger partial charge in [0.2, 0.25) is 0 Å². The molecule has 0 saturated carbocycles. The summed E-state index contributed by atoms with van der Waals surface area (Å²) in [4.78, 5) is 29.5. The highest BCUT2D eigenvalue weighted by Crippen LogP contribution is 2.35. The third-order valence-electron chi connectivity index (χ3n) is 7.58. The van der Waals surface area contributed by atoms with Gasteiger partial charge >= 0.3 is 0 Å². The summed E-state index contributed by atoms with van der Waals surface area (Å²) in [6, 6.07) is 8.26. The second kappa shape index (κ2) is 18.2. The number of nitrogens with zero attached hydrogens (tertiary/aromatic N) is 2. The molecule has 246 valence electrons. The number of carbonyl (C=O) groups excluding carboxylic acids is 2. The molecule has 1 aliphatic heterocycles. The number of halogens is 1. The average Bonchev–Trinajstić information content (AvgIpc) is 3.48. The van der Waals surface area contributed by atoms with E-state index in [4.69, 9.17) is 14.2 Å². The van der Waals surface area contributed by atoms with Crippen molar-refractivity contribution >= 4 is 37.6 Å². The fourth-order valence-corrected chi connectivity index (χ4v) is 6.16. The lowest BCUT2D eigenvalue weighted by Gasteiger charge is -2.23. The molecule has 1 fully saturated rings. The molecule has 0 aromatic heterocycles. The highest BCUT2D eigenvalue weighted by Gasteiger charge is 2.26. The maximum atomic E-state index is 12.6. The highest BCUT2D eigenvalue weighted by molar-refractivity contribution is 9.10. The van der Waals surface area contributed by atoms with Crippen LogP contribution in [-0.4, -0.2) is 109 Å². The molecular weight excluding hydrogens is 652 g/mol. The van der Waals surface area contributed by atoms with Gasteiger partial charge in [-0.3, -0.25) is 14.5 Å². The largest absolute Gasteiger partial charge is 0.496 e. The van der Waals surface area contributed by atoms with E-state index in [1.807, 2.05) is 6.07 Å². The van der Waals surface area contributed by atoms with Gasteiger partial charge in [-0.15, -0.1) is 0 Å². The van der Waals surface area contributed by atoms with Crippen LogP contribution in [0.15, 0.2) is 39.7 Å². The Labute approximate surface area is 270 Å². The SMILES string of the molecule is CCN(CC)CCNC(=O)c1cc(S(C)(=O)=O)ccc1OC.CCN1CCC[C@H]1CNC(=O)c1c(OC)ccc(Br)c1OC. The summed E-state index contributed by atoms with van der Waals surface area (Å²) in [7, 11) is 1.18. The molecule has 1 atom stereocenters. The van der Waals surface area contributed by atoms with Crippen LogP contribution >= 0.6 is 15.9 Å². The topological polar surface area (TPSA) is 127 Å². The number of hydrogen-bond donors (Lipinski definition) is 2. The Bertz CT molecular complexity index is 1350. The Balaban J connectivity index is 0.000000307. The zero-order valence-electron chi connectivity index (χ0n) is 26.9. The zero-order valence-corrected chi connectivity index (χ0v) is 29.3. The normalized spacial score (nSPS) is 14.9. The molecule has 2 aromatic rings. The predicted octanol–water partition coefficient (Wildman–Crippen LogP) is 3.85. The van der Waals surface area contributed by atoms with Crippen LogP contribution in [0.1, 0.15) is 54.3 Å². The van der Waals surface area contributed by atoms with E-state index in [1.165, 1.54) is 31.7 Å². The minimum Gasteiger partial charge on any atom is -0.496 e. The number of ether oxygens (including phenoxy) is 3. The van der Waals surface area contributed by atoms with Crippen molar-refractivity contribution in [2.75, 3.05) is 73.4 Å². The van der Waals surface area contributed by atoms with Crippen LogP contribution in [0.4, 0.5) is 0 Å². The molecule has 1 aliphatic rings. The van der Waals surface area contributed by atoms with Crippen molar-refractivity contribution in [3.63, 3.8) is 0 Å². The Morgan fingerprint density at radius 2 is 1.64 bits per heavy atom. The first kappa shape index (κ1) is 37.3. The average molecular weight is 700 g/mol. The number of sulfone groups is 1. The van der Waals surface area contributed by atoms with Crippen LogP contribution in [0.25, 0.3) is 0 Å². The lowest BCUT2D eigenvalue weighted by atomic mass is 10.1. The number of rotatable bonds is 14. The van der Waals surface area contributed by atoms with Crippen LogP contribution < -0.4 is 24.8 Å². The van der Waals surface area contributed by atoms with Gasteiger partial charge in [-0.2, -0.15) is 0 Å². The second-order valence-corrected chi connectivity index (χ2v) is 13.1. The molecule has 0 spiro atoms. The fraction of sp³-hybridized carbons (Fsp3) is 0.548. The van der Waals surface area contributed by atoms with Crippen molar-refractivity contribution in [2.45, 2.75) is 44.6 Å². The van der Waals surface area contributed by atoms with Gasteiger partial charge in [-0.25, -0.2) is 8.42 Å². The van der Waals surface area contributed by atoms with Crippen molar-refractivity contribution in [1.82, 2.24) is 20.4 Å². The molecule has 1 saturated heterocycles. The maximum Gasteiger partial charge on any atom is 0.258 e. The number of likely N-dealkylation sites (N-methyl/N-ethyl adjacent to an activating group) is 2. The first-order valence-electron chi connectivity index (χ1n) is 14.8. The van der Waals surface area contributed by atoms with E-state index in [9.17, 15) is 18.0 Å². The lowest BCUT2D eigenvalue weighted by molar-refractivity contribution is 0.0930. The lowest BCUT2D eigenvalue weighted by Crippen LogP contribution is -2.40. The van der Waals surface area contributed by atoms with Crippen molar-refractivity contribution in [3.8, 4) is 17.2 Å². The molecule has 0 aliphatic carbocycles. The molecule has 1 heterocycles. The molecule has 44 heavy (non-hydrogen) atoms. The van der Waals surface area contributed by atoms with Crippen LogP contribution in [0.2, 0.25) is 0 Å². The smallest absolute Gasteiger partial charge is 0.258 e. The summed E-state index contributed by atoms with van der Waals surface area (Å²) in [5.74, 6) is 0.854. The van der Waals surface area contributed by atoms with Gasteiger partial charge in [0.15, 0.2) is 9.84 Å². The summed E-state index contributed by atoms with van der Waals surface area (Å²) in [6.07, 6.45) is 3.43. The second-order valence-electron chi connectivity index (χ2n) is 10.2. The fourth-order valence-electron chi connectivity index (χ4n) is 5.02. The number of nitrogens with one attached hydrogen (secondary N) is 2. The van der Waals surface area contributed by atoms with Gasteiger partial charge in [-0.05, 0) is 85.3 Å². The van der Waals surface area contributed by atoms with E-state index < -0.39 is 9.84 Å². The monoisotopic (exact) mass is 698 g/mol. The number of carbonyl (C=O) groups is 2. The molecule has 13 heteroatoms. The minimum atomic E-state index is -3.37. The molecule has 11 nitrogen and oxygen atoms in total. The molecular formula is C31H47BrN4O7S. The van der Waals surface area contributed by atoms with Crippen molar-refractivity contribution in [1.29, 1.82) is 0 Å². The number of amides is 2. The molecule has 2 aromatic carbocycles. The minimum absolute atomic E-state index is 0.0993. The summed E-state index contributed by atoms with van der Waals surface area (Å²) < 4.78 is 39.8. The number of likely N-dealkylation sites (tertiary alicyclic amines) is 1. The first-order valence-corrected chi connectivity index (χ1v) is 17.4. The van der Waals surface area contributed by atoms with E-state index in [0.717, 1.165) is 49.9 Å². The van der Waals surface area contributed by atoms with Gasteiger partial charge in [0.05, 0.1) is 36.3 Å². The van der Waals surface area contributed by atoms with Gasteiger partial charge in [0.25, 0.3) is 11.8 Å². The Morgan fingerprint density at radius 3 is 2.20 bits per heavy atom. The van der Waals surface area contributed by atoms with Crippen molar-refractivity contribution in [3.05, 3.63) is 45.9 Å². The Hall–Kier alpha value is -2.87. The molecule has 3 rings (SSSR count). The molecule has 2 N–H and O–H groups in total. The van der Waals surface area contributed by atoms with E-state index >= 15 is 0 Å². The number of hydrogen-bond acceptors (Lipinski definition) is 9. The summed E-state index contributed by atoms with van der Waals surface area (Å²) in [5.41, 5.74) is 0.658. The first-order chi connectivity index (χ1) is 20.9. The molecule has 0 unspecified atom stereocenters. The third kappa shape index (κ3) is 10.4. The van der Waals surface area contributed by atoms with Crippen LogP contribution in [0, 0.1) is 0 Å². The standard InChI is InChI=1S/C16H23BrN2O3.C15H24N2O4S/c1-4-19-9-5-6-11(19)10-18-16(20)14-13(21-2)8-7-12(17)15(14)22-3;1-5-17(6-2)10-9-16-15(18)13-11-12(22(4,19)20)7-8-14(13)21-3/h7-8,11H,4-6,9-10H2,1-3H3,(H,18,20);7-8,11H,5-6,9-10H2,1-4H3,(H,16,18)/t11-;/m0./s1. The van der Waals surface area contributed by atoms with E-state index in [-0.39, 0.29) is 22.3 Å². The summed E-state index contributed by atoms with van der Waals surface area (Å²) >= 11 is 3.41. The van der Waals surface area contributed by atoms with Crippen LogP contribution in [0.3, 0.4) is 0 Å². The van der Waals surface area contributed by atoms with E-state index in [2.05, 4.69) is 57.1 Å². The van der Waals surface area contributed by atoms with Crippen molar-refractivity contribution in [2.24, 2.45) is 0 Å². The maximum absolute atomic E-state index is 12.6. The van der Waals surface area contributed by atoms with Gasteiger partial charge < -0.3 is 29.7 Å². The van der Waals surface area contributed by atoms with Crippen LogP contribution in [-0.2, 0) is 9.84 Å². The van der Waals surface area contributed by atoms with Crippen molar-refractivity contribution < 1.29 is 32.2 Å². The Morgan fingerprint density at radius 1 is 0.977 bits per heavy atom. The zero-order chi connectivity index (χ0) is 32.9. The van der Waals surface area contributed by atoms with Gasteiger partial charge in [0.1, 0.15) is 22.8 Å². The third-order valence-corrected chi connectivity index (χ3v) is 9.31. The Kier molecular flexibility index (Phi) is 15.4. The van der Waals surface area contributed by atoms with Gasteiger partial charge in [0, 0.05) is 31.9 Å². The van der Waals surface area contributed by atoms with E-state index in [1.54, 1.807) is 20.3 Å². The highest BCUT2D eigenvalue weighted by atomic mass is 79.9. The number of methoxy groups -OCH3 is 3. The molecule has 2 amide bonds. The van der Waals surface area contributed by atoms with E-state index in [0.29, 0.717) is 41.9 Å². The predicted molar refractivity (Wildman–Crippen MR) is 176 cm³/mol.